The minimum absolute atomic E-state index is 0.0429. The monoisotopic (exact) mass is 384 g/mol. The Kier molecular flexibility index (Phi) is 6.72. The van der Waals surface area contributed by atoms with Crippen molar-refractivity contribution in [3.05, 3.63) is 22.2 Å². The van der Waals surface area contributed by atoms with Crippen molar-refractivity contribution in [1.29, 1.82) is 0 Å². The molecule has 1 aromatic rings. The third kappa shape index (κ3) is 4.61. The summed E-state index contributed by atoms with van der Waals surface area (Å²) in [6.07, 6.45) is 1.91. The minimum Gasteiger partial charge on any atom is -0.493 e. The highest BCUT2D eigenvalue weighted by Gasteiger charge is 2.22. The van der Waals surface area contributed by atoms with Gasteiger partial charge in [-0.25, -0.2) is 0 Å². The summed E-state index contributed by atoms with van der Waals surface area (Å²) in [6.45, 7) is 6.14. The number of nitrogens with zero attached hydrogens (tertiary/aromatic N) is 2. The molecule has 128 valence electrons. The summed E-state index contributed by atoms with van der Waals surface area (Å²) in [5.74, 6) is 1.28. The van der Waals surface area contributed by atoms with Gasteiger partial charge >= 0.3 is 0 Å². The fourth-order valence-corrected chi connectivity index (χ4v) is 3.18. The van der Waals surface area contributed by atoms with Crippen LogP contribution in [0.2, 0.25) is 0 Å². The molecule has 1 aliphatic heterocycles. The molecule has 1 aliphatic rings. The molecule has 0 aliphatic carbocycles. The van der Waals surface area contributed by atoms with Crippen LogP contribution in [-0.2, 0) is 0 Å². The Morgan fingerprint density at radius 2 is 2.04 bits per heavy atom. The quantitative estimate of drug-likeness (QED) is 0.782. The zero-order valence-corrected chi connectivity index (χ0v) is 15.7. The van der Waals surface area contributed by atoms with Crippen molar-refractivity contribution in [2.45, 2.75) is 19.8 Å². The van der Waals surface area contributed by atoms with Crippen LogP contribution in [0.3, 0.4) is 0 Å². The van der Waals surface area contributed by atoms with E-state index in [-0.39, 0.29) is 5.91 Å². The molecule has 1 saturated heterocycles. The van der Waals surface area contributed by atoms with E-state index >= 15 is 0 Å². The Hall–Kier alpha value is -1.27. The lowest BCUT2D eigenvalue weighted by molar-refractivity contribution is 0.0762. The number of halogens is 1. The highest BCUT2D eigenvalue weighted by Crippen LogP contribution is 2.37. The lowest BCUT2D eigenvalue weighted by atomic mass is 10.1. The molecule has 5 nitrogen and oxygen atoms in total. The number of carbonyl (C=O) groups excluding carboxylic acids is 1. The second-order valence-corrected chi connectivity index (χ2v) is 6.64. The number of benzene rings is 1. The Morgan fingerprint density at radius 1 is 1.26 bits per heavy atom. The van der Waals surface area contributed by atoms with Crippen molar-refractivity contribution in [3.8, 4) is 11.5 Å². The summed E-state index contributed by atoms with van der Waals surface area (Å²) in [7, 11) is 3.68. The molecule has 23 heavy (non-hydrogen) atoms. The van der Waals surface area contributed by atoms with Crippen LogP contribution in [0.15, 0.2) is 16.6 Å². The molecule has 0 unspecified atom stereocenters. The van der Waals surface area contributed by atoms with Gasteiger partial charge in [-0.1, -0.05) is 6.92 Å². The van der Waals surface area contributed by atoms with Crippen LogP contribution in [0, 0.1) is 0 Å². The number of carbonyl (C=O) groups is 1. The minimum atomic E-state index is 0.0429. The summed E-state index contributed by atoms with van der Waals surface area (Å²) >= 11 is 3.50. The van der Waals surface area contributed by atoms with Crippen molar-refractivity contribution >= 4 is 21.8 Å². The first-order valence-corrected chi connectivity index (χ1v) is 8.84. The van der Waals surface area contributed by atoms with E-state index in [2.05, 4.69) is 34.8 Å². The third-order valence-electron chi connectivity index (χ3n) is 3.93. The lowest BCUT2D eigenvalue weighted by Crippen LogP contribution is -2.34. The maximum atomic E-state index is 12.8. The first kappa shape index (κ1) is 18.1. The van der Waals surface area contributed by atoms with Crippen LogP contribution >= 0.6 is 15.9 Å². The fraction of sp³-hybridized carbons (Fsp3) is 0.588. The second-order valence-electron chi connectivity index (χ2n) is 5.79. The molecule has 0 saturated carbocycles. The molecule has 2 rings (SSSR count). The van der Waals surface area contributed by atoms with E-state index in [1.54, 1.807) is 13.2 Å². The fourth-order valence-electron chi connectivity index (χ4n) is 2.62. The van der Waals surface area contributed by atoms with E-state index in [0.717, 1.165) is 43.5 Å². The van der Waals surface area contributed by atoms with Crippen molar-refractivity contribution in [2.75, 3.05) is 46.9 Å². The van der Waals surface area contributed by atoms with Crippen LogP contribution in [0.4, 0.5) is 0 Å². The SMILES string of the molecule is CCCOc1c(Br)cc(C(=O)N2CCCN(C)CC2)cc1OC. The molecule has 1 heterocycles. The van der Waals surface area contributed by atoms with E-state index in [1.165, 1.54) is 0 Å². The summed E-state index contributed by atoms with van der Waals surface area (Å²) in [5.41, 5.74) is 0.627. The molecule has 6 heteroatoms. The van der Waals surface area contributed by atoms with E-state index in [0.29, 0.717) is 23.7 Å². The predicted octanol–water partition coefficient (Wildman–Crippen LogP) is 3.02. The van der Waals surface area contributed by atoms with Crippen LogP contribution < -0.4 is 9.47 Å². The second kappa shape index (κ2) is 8.55. The number of likely N-dealkylation sites (N-methyl/N-ethyl adjacent to an activating group) is 1. The van der Waals surface area contributed by atoms with Gasteiger partial charge < -0.3 is 19.3 Å². The van der Waals surface area contributed by atoms with E-state index in [9.17, 15) is 4.79 Å². The molecular formula is C17H25BrN2O3. The largest absolute Gasteiger partial charge is 0.493 e. The first-order chi connectivity index (χ1) is 11.1. The Labute approximate surface area is 146 Å². The normalized spacial score (nSPS) is 16.1. The number of ether oxygens (including phenoxy) is 2. The number of methoxy groups -OCH3 is 1. The maximum Gasteiger partial charge on any atom is 0.254 e. The third-order valence-corrected chi connectivity index (χ3v) is 4.52. The van der Waals surface area contributed by atoms with Crippen molar-refractivity contribution < 1.29 is 14.3 Å². The summed E-state index contributed by atoms with van der Waals surface area (Å²) in [5, 5.41) is 0. The highest BCUT2D eigenvalue weighted by molar-refractivity contribution is 9.10. The van der Waals surface area contributed by atoms with E-state index < -0.39 is 0 Å². The highest BCUT2D eigenvalue weighted by atomic mass is 79.9. The van der Waals surface area contributed by atoms with Crippen molar-refractivity contribution in [3.63, 3.8) is 0 Å². The zero-order chi connectivity index (χ0) is 16.8. The summed E-state index contributed by atoms with van der Waals surface area (Å²) in [4.78, 5) is 17.0. The molecule has 1 amide bonds. The average molecular weight is 385 g/mol. The van der Waals surface area contributed by atoms with Crippen molar-refractivity contribution in [1.82, 2.24) is 9.80 Å². The van der Waals surface area contributed by atoms with Gasteiger partial charge in [0.1, 0.15) is 0 Å². The number of hydrogen-bond acceptors (Lipinski definition) is 4. The number of amides is 1. The Morgan fingerprint density at radius 3 is 2.74 bits per heavy atom. The number of rotatable bonds is 5. The van der Waals surface area contributed by atoms with Gasteiger partial charge in [-0.15, -0.1) is 0 Å². The van der Waals surface area contributed by atoms with Gasteiger partial charge in [-0.3, -0.25) is 4.79 Å². The van der Waals surface area contributed by atoms with Gasteiger partial charge in [0, 0.05) is 25.2 Å². The van der Waals surface area contributed by atoms with Gasteiger partial charge in [0.25, 0.3) is 5.91 Å². The van der Waals surface area contributed by atoms with Crippen molar-refractivity contribution in [2.24, 2.45) is 0 Å². The molecule has 1 fully saturated rings. The lowest BCUT2D eigenvalue weighted by Gasteiger charge is -2.21. The van der Waals surface area contributed by atoms with Gasteiger partial charge in [-0.05, 0) is 54.5 Å². The van der Waals surface area contributed by atoms with Gasteiger partial charge in [0.05, 0.1) is 18.2 Å². The topological polar surface area (TPSA) is 42.0 Å². The molecule has 0 atom stereocenters. The molecular weight excluding hydrogens is 360 g/mol. The van der Waals surface area contributed by atoms with Crippen LogP contribution in [0.1, 0.15) is 30.1 Å². The summed E-state index contributed by atoms with van der Waals surface area (Å²) in [6, 6.07) is 3.59. The summed E-state index contributed by atoms with van der Waals surface area (Å²) < 4.78 is 11.9. The Balaban J connectivity index is 2.21. The van der Waals surface area contributed by atoms with Crippen LogP contribution in [-0.4, -0.2) is 62.7 Å². The molecule has 0 radical (unpaired) electrons. The molecule has 0 N–H and O–H groups in total. The average Bonchev–Trinajstić information content (AvgIpc) is 2.77. The molecule has 0 bridgehead atoms. The molecule has 0 spiro atoms. The Bertz CT molecular complexity index is 551. The van der Waals surface area contributed by atoms with Gasteiger partial charge in [-0.2, -0.15) is 0 Å². The standard InChI is InChI=1S/C17H25BrN2O3/c1-4-10-23-16-14(18)11-13(12-15(16)22-3)17(21)20-7-5-6-19(2)8-9-20/h11-12H,4-10H2,1-3H3. The number of hydrogen-bond donors (Lipinski definition) is 0. The van der Waals surface area contributed by atoms with Crippen LogP contribution in [0.25, 0.3) is 0 Å². The molecule has 1 aromatic carbocycles. The smallest absolute Gasteiger partial charge is 0.254 e. The first-order valence-electron chi connectivity index (χ1n) is 8.05. The van der Waals surface area contributed by atoms with E-state index in [1.807, 2.05) is 11.0 Å². The van der Waals surface area contributed by atoms with Crippen LogP contribution in [0.5, 0.6) is 11.5 Å². The molecule has 0 aromatic heterocycles. The van der Waals surface area contributed by atoms with Gasteiger partial charge in [0.15, 0.2) is 11.5 Å². The van der Waals surface area contributed by atoms with E-state index in [4.69, 9.17) is 9.47 Å². The zero-order valence-electron chi connectivity index (χ0n) is 14.1. The van der Waals surface area contributed by atoms with Gasteiger partial charge in [0.2, 0.25) is 0 Å². The predicted molar refractivity (Wildman–Crippen MR) is 94.5 cm³/mol. The maximum absolute atomic E-state index is 12.8.